The highest BCUT2D eigenvalue weighted by molar-refractivity contribution is 5.92. The van der Waals surface area contributed by atoms with Crippen LogP contribution in [0.2, 0.25) is 0 Å². The summed E-state index contributed by atoms with van der Waals surface area (Å²) in [7, 11) is 0. The van der Waals surface area contributed by atoms with Gasteiger partial charge >= 0.3 is 19.2 Å². The Bertz CT molecular complexity index is 786. The lowest BCUT2D eigenvalue weighted by molar-refractivity contribution is -0.161. The Morgan fingerprint density at radius 2 is 1.43 bits per heavy atom. The van der Waals surface area contributed by atoms with Gasteiger partial charge in [-0.05, 0) is 24.3 Å². The van der Waals surface area contributed by atoms with E-state index in [9.17, 15) is 31.9 Å². The third-order valence-corrected chi connectivity index (χ3v) is 4.62. The van der Waals surface area contributed by atoms with E-state index in [1.54, 1.807) is 30.3 Å². The van der Waals surface area contributed by atoms with Crippen LogP contribution in [0.4, 0.5) is 17.6 Å². The van der Waals surface area contributed by atoms with E-state index in [-0.39, 0.29) is 18.9 Å². The van der Waals surface area contributed by atoms with Gasteiger partial charge in [0.2, 0.25) is 11.8 Å². The molecular weight excluding hydrogens is 478 g/mol. The van der Waals surface area contributed by atoms with Crippen molar-refractivity contribution in [1.29, 1.82) is 0 Å². The number of alkyl halides is 4. The van der Waals surface area contributed by atoms with Crippen LogP contribution in [0.25, 0.3) is 0 Å². The molecule has 0 heterocycles. The molecule has 3 atom stereocenters. The molecule has 0 saturated heterocycles. The van der Waals surface area contributed by atoms with E-state index >= 15 is 0 Å². The predicted molar refractivity (Wildman–Crippen MR) is 116 cm³/mol. The van der Waals surface area contributed by atoms with Crippen LogP contribution in [0.5, 0.6) is 0 Å². The minimum absolute atomic E-state index is 0.0964. The molecule has 198 valence electrons. The van der Waals surface area contributed by atoms with Gasteiger partial charge in [0.15, 0.2) is 6.04 Å². The summed E-state index contributed by atoms with van der Waals surface area (Å²) in [6.45, 7) is -4.47. The second-order valence-corrected chi connectivity index (χ2v) is 7.98. The van der Waals surface area contributed by atoms with Crippen molar-refractivity contribution in [3.05, 3.63) is 35.9 Å². The van der Waals surface area contributed by atoms with Gasteiger partial charge in [-0.2, -0.15) is 17.6 Å². The topological polar surface area (TPSA) is 129 Å². The van der Waals surface area contributed by atoms with Crippen LogP contribution in [0, 0.1) is 5.92 Å². The summed E-state index contributed by atoms with van der Waals surface area (Å²) < 4.78 is 62.9. The van der Waals surface area contributed by atoms with Crippen molar-refractivity contribution in [3.63, 3.8) is 0 Å². The zero-order valence-electron chi connectivity index (χ0n) is 19.4. The maximum absolute atomic E-state index is 12.8. The molecule has 0 aromatic heterocycles. The van der Waals surface area contributed by atoms with Crippen LogP contribution in [0.1, 0.15) is 32.3 Å². The Balaban J connectivity index is 2.87. The Hall–Kier alpha value is -2.77. The smallest absolute Gasteiger partial charge is 0.345 e. The number of nitrogens with one attached hydrogen (secondary N) is 2. The molecule has 9 nitrogen and oxygen atoms in total. The Labute approximate surface area is 200 Å². The molecule has 35 heavy (non-hydrogen) atoms. The maximum Gasteiger partial charge on any atom is 0.345 e. The second kappa shape index (κ2) is 16.0. The lowest BCUT2D eigenvalue weighted by Crippen LogP contribution is -2.56. The molecule has 1 rings (SSSR count). The van der Waals surface area contributed by atoms with Crippen LogP contribution in [0.3, 0.4) is 0 Å². The molecular formula is C22H31F4N3O6. The predicted octanol–water partition coefficient (Wildman–Crippen LogP) is 1.94. The zero-order chi connectivity index (χ0) is 26.4. The second-order valence-electron chi connectivity index (χ2n) is 7.98. The first kappa shape index (κ1) is 30.3. The zero-order valence-corrected chi connectivity index (χ0v) is 19.4. The average molecular weight is 509 g/mol. The van der Waals surface area contributed by atoms with Crippen LogP contribution in [-0.4, -0.2) is 62.3 Å². The van der Waals surface area contributed by atoms with Crippen LogP contribution in [0.15, 0.2) is 30.3 Å². The summed E-state index contributed by atoms with van der Waals surface area (Å²) in [4.78, 5) is 37.6. The number of halogens is 4. The van der Waals surface area contributed by atoms with Gasteiger partial charge in [0.25, 0.3) is 0 Å². The minimum atomic E-state index is -3.21. The number of amides is 2. The first-order chi connectivity index (χ1) is 16.5. The lowest BCUT2D eigenvalue weighted by atomic mass is 10.0. The van der Waals surface area contributed by atoms with Gasteiger partial charge in [-0.1, -0.05) is 44.2 Å². The lowest BCUT2D eigenvalue weighted by Gasteiger charge is -2.24. The van der Waals surface area contributed by atoms with Crippen molar-refractivity contribution >= 4 is 17.8 Å². The highest BCUT2D eigenvalue weighted by Gasteiger charge is 2.30. The molecule has 0 saturated carbocycles. The van der Waals surface area contributed by atoms with Crippen molar-refractivity contribution in [3.8, 4) is 0 Å². The molecule has 0 aliphatic rings. The normalized spacial score (nSPS) is 14.0. The number of hydrogen-bond acceptors (Lipinski definition) is 7. The van der Waals surface area contributed by atoms with Gasteiger partial charge < -0.3 is 30.6 Å². The van der Waals surface area contributed by atoms with E-state index in [1.807, 2.05) is 13.8 Å². The molecule has 0 aliphatic heterocycles. The highest BCUT2D eigenvalue weighted by Crippen LogP contribution is 2.09. The standard InChI is InChI=1S/C22H31F4N3O6/c1-13(2)8-9-16(28-18(30)15(27)11-34-21(23)24)19(31)29-17(12-35-22(25)26)20(32)33-10-14-6-4-3-5-7-14/h3-7,13,15-17,21-22H,8-12,27H2,1-2H3,(H,28,30)(H,29,31)/t15-,16?,17-/m0/s1. The van der Waals surface area contributed by atoms with Crippen molar-refractivity contribution in [2.45, 2.75) is 64.6 Å². The SMILES string of the molecule is CC(C)CCC(NC(=O)[C@@H](N)COC(F)F)C(=O)N[C@@H](COC(F)F)C(=O)OCc1ccccc1. The molecule has 0 radical (unpaired) electrons. The van der Waals surface area contributed by atoms with E-state index in [4.69, 9.17) is 10.5 Å². The quantitative estimate of drug-likeness (QED) is 0.229. The van der Waals surface area contributed by atoms with Crippen LogP contribution in [-0.2, 0) is 35.2 Å². The molecule has 0 bridgehead atoms. The number of nitrogens with two attached hydrogens (primary N) is 1. The van der Waals surface area contributed by atoms with Crippen LogP contribution >= 0.6 is 0 Å². The average Bonchev–Trinajstić information content (AvgIpc) is 2.81. The number of esters is 1. The molecule has 13 heteroatoms. The van der Waals surface area contributed by atoms with Crippen molar-refractivity contribution in [2.24, 2.45) is 11.7 Å². The van der Waals surface area contributed by atoms with Gasteiger partial charge in [-0.25, -0.2) is 4.79 Å². The summed E-state index contributed by atoms with van der Waals surface area (Å²) in [5, 5.41) is 4.57. The van der Waals surface area contributed by atoms with Gasteiger partial charge in [0, 0.05) is 0 Å². The van der Waals surface area contributed by atoms with Crippen molar-refractivity contribution < 1.29 is 46.2 Å². The van der Waals surface area contributed by atoms with Crippen molar-refractivity contribution in [1.82, 2.24) is 10.6 Å². The monoisotopic (exact) mass is 509 g/mol. The molecule has 4 N–H and O–H groups in total. The minimum Gasteiger partial charge on any atom is -0.459 e. The summed E-state index contributed by atoms with van der Waals surface area (Å²) in [5.74, 6) is -2.74. The summed E-state index contributed by atoms with van der Waals surface area (Å²) in [5.41, 5.74) is 6.14. The van der Waals surface area contributed by atoms with Gasteiger partial charge in [-0.3, -0.25) is 9.59 Å². The fraction of sp³-hybridized carbons (Fsp3) is 0.591. The fourth-order valence-electron chi connectivity index (χ4n) is 2.74. The van der Waals surface area contributed by atoms with Gasteiger partial charge in [-0.15, -0.1) is 0 Å². The number of carbonyl (C=O) groups is 3. The van der Waals surface area contributed by atoms with E-state index < -0.39 is 62.3 Å². The number of carbonyl (C=O) groups excluding carboxylic acids is 3. The molecule has 1 unspecified atom stereocenters. The Kier molecular flexibility index (Phi) is 13.8. The van der Waals surface area contributed by atoms with E-state index in [1.165, 1.54) is 0 Å². The van der Waals surface area contributed by atoms with Crippen LogP contribution < -0.4 is 16.4 Å². The Morgan fingerprint density at radius 3 is 2.00 bits per heavy atom. The number of hydrogen-bond donors (Lipinski definition) is 3. The maximum atomic E-state index is 12.8. The van der Waals surface area contributed by atoms with Crippen molar-refractivity contribution in [2.75, 3.05) is 13.2 Å². The van der Waals surface area contributed by atoms with Gasteiger partial charge in [0.1, 0.15) is 18.7 Å². The molecule has 0 spiro atoms. The first-order valence-corrected chi connectivity index (χ1v) is 10.9. The fourth-order valence-corrected chi connectivity index (χ4v) is 2.74. The first-order valence-electron chi connectivity index (χ1n) is 10.9. The van der Waals surface area contributed by atoms with Gasteiger partial charge in [0.05, 0.1) is 13.2 Å². The highest BCUT2D eigenvalue weighted by atomic mass is 19.3. The molecule has 0 fully saturated rings. The third-order valence-electron chi connectivity index (χ3n) is 4.62. The number of rotatable bonds is 16. The van der Waals surface area contributed by atoms with E-state index in [0.29, 0.717) is 12.0 Å². The van der Waals surface area contributed by atoms with E-state index in [2.05, 4.69) is 20.1 Å². The molecule has 1 aromatic carbocycles. The number of benzene rings is 1. The summed E-state index contributed by atoms with van der Waals surface area (Å²) >= 11 is 0. The summed E-state index contributed by atoms with van der Waals surface area (Å²) in [6.07, 6.45) is 0.553. The third kappa shape index (κ3) is 13.0. The van der Waals surface area contributed by atoms with E-state index in [0.717, 1.165) is 0 Å². The Morgan fingerprint density at radius 1 is 0.857 bits per heavy atom. The largest absolute Gasteiger partial charge is 0.459 e. The summed E-state index contributed by atoms with van der Waals surface area (Å²) in [6, 6.07) is 4.19. The number of ether oxygens (including phenoxy) is 3. The molecule has 2 amide bonds. The molecule has 0 aliphatic carbocycles. The molecule has 1 aromatic rings.